The fourth-order valence-electron chi connectivity index (χ4n) is 3.72. The predicted molar refractivity (Wildman–Crippen MR) is 147 cm³/mol. The molecule has 1 atom stereocenters. The van der Waals surface area contributed by atoms with E-state index in [9.17, 15) is 18.0 Å². The second-order valence-electron chi connectivity index (χ2n) is 8.67. The van der Waals surface area contributed by atoms with Gasteiger partial charge in [0.05, 0.1) is 10.6 Å². The van der Waals surface area contributed by atoms with Crippen LogP contribution in [0.3, 0.4) is 0 Å². The minimum absolute atomic E-state index is 0.00784. The molecule has 0 spiro atoms. The summed E-state index contributed by atoms with van der Waals surface area (Å²) in [6.07, 6.45) is 0. The molecular weight excluding hydrogens is 533 g/mol. The van der Waals surface area contributed by atoms with Crippen LogP contribution in [0.25, 0.3) is 0 Å². The third kappa shape index (κ3) is 6.83. The molecule has 3 aromatic rings. The molecule has 0 heterocycles. The van der Waals surface area contributed by atoms with Gasteiger partial charge in [-0.25, -0.2) is 8.42 Å². The van der Waals surface area contributed by atoms with Gasteiger partial charge in [0.15, 0.2) is 0 Å². The molecule has 0 saturated carbocycles. The van der Waals surface area contributed by atoms with Crippen LogP contribution >= 0.6 is 23.2 Å². The molecule has 1 N–H and O–H groups in total. The van der Waals surface area contributed by atoms with Crippen LogP contribution in [-0.4, -0.2) is 44.8 Å². The molecule has 0 bridgehead atoms. The highest BCUT2D eigenvalue weighted by molar-refractivity contribution is 7.92. The molecule has 0 aliphatic rings. The average Bonchev–Trinajstić information content (AvgIpc) is 2.87. The van der Waals surface area contributed by atoms with E-state index in [0.29, 0.717) is 15.7 Å². The van der Waals surface area contributed by atoms with Gasteiger partial charge in [-0.3, -0.25) is 13.9 Å². The number of amides is 2. The molecule has 3 aromatic carbocycles. The van der Waals surface area contributed by atoms with Crippen molar-refractivity contribution in [3.63, 3.8) is 0 Å². The number of hydrogen-bond acceptors (Lipinski definition) is 4. The van der Waals surface area contributed by atoms with E-state index in [-0.39, 0.29) is 17.3 Å². The van der Waals surface area contributed by atoms with Gasteiger partial charge in [0, 0.05) is 23.6 Å². The van der Waals surface area contributed by atoms with Gasteiger partial charge in [-0.2, -0.15) is 0 Å². The van der Waals surface area contributed by atoms with E-state index in [1.807, 2.05) is 13.8 Å². The van der Waals surface area contributed by atoms with Crippen LogP contribution in [0, 0.1) is 13.8 Å². The number of carbonyl (C=O) groups is 2. The van der Waals surface area contributed by atoms with Crippen molar-refractivity contribution in [3.8, 4) is 0 Å². The molecule has 0 aliphatic heterocycles. The number of benzene rings is 3. The Labute approximate surface area is 228 Å². The maximum absolute atomic E-state index is 13.8. The molecule has 7 nitrogen and oxygen atoms in total. The Balaban J connectivity index is 2.05. The Morgan fingerprint density at radius 3 is 2.00 bits per heavy atom. The highest BCUT2D eigenvalue weighted by atomic mass is 35.5. The predicted octanol–water partition coefficient (Wildman–Crippen LogP) is 4.97. The Kier molecular flexibility index (Phi) is 9.23. The molecule has 196 valence electrons. The number of rotatable bonds is 9. The summed E-state index contributed by atoms with van der Waals surface area (Å²) in [4.78, 5) is 27.6. The highest BCUT2D eigenvalue weighted by Gasteiger charge is 2.32. The van der Waals surface area contributed by atoms with Crippen molar-refractivity contribution in [2.24, 2.45) is 0 Å². The van der Waals surface area contributed by atoms with E-state index in [2.05, 4.69) is 5.32 Å². The van der Waals surface area contributed by atoms with Gasteiger partial charge in [-0.1, -0.05) is 41.4 Å². The zero-order valence-corrected chi connectivity index (χ0v) is 23.4. The molecule has 2 amide bonds. The van der Waals surface area contributed by atoms with E-state index in [4.69, 9.17) is 23.2 Å². The van der Waals surface area contributed by atoms with Crippen molar-refractivity contribution in [2.45, 2.75) is 38.3 Å². The quantitative estimate of drug-likeness (QED) is 0.399. The SMILES string of the molecule is CNC(=O)[C@@H](C)N(Cc1ccc(Cl)cc1)C(=O)CN(c1ccc(C)c(C)c1)S(=O)(=O)c1ccc(Cl)cc1. The molecule has 0 aromatic heterocycles. The third-order valence-corrected chi connectivity index (χ3v) is 8.43. The number of halogens is 2. The van der Waals surface area contributed by atoms with Gasteiger partial charge >= 0.3 is 0 Å². The van der Waals surface area contributed by atoms with Crippen LogP contribution in [0.15, 0.2) is 71.6 Å². The lowest BCUT2D eigenvalue weighted by Crippen LogP contribution is -2.50. The van der Waals surface area contributed by atoms with E-state index < -0.39 is 28.5 Å². The monoisotopic (exact) mass is 561 g/mol. The summed E-state index contributed by atoms with van der Waals surface area (Å²) in [5, 5.41) is 3.48. The van der Waals surface area contributed by atoms with Gasteiger partial charge in [0.1, 0.15) is 12.6 Å². The largest absolute Gasteiger partial charge is 0.357 e. The maximum Gasteiger partial charge on any atom is 0.264 e. The van der Waals surface area contributed by atoms with Gasteiger partial charge in [-0.15, -0.1) is 0 Å². The zero-order chi connectivity index (χ0) is 27.3. The first kappa shape index (κ1) is 28.5. The van der Waals surface area contributed by atoms with Gasteiger partial charge in [0.2, 0.25) is 11.8 Å². The minimum atomic E-state index is -4.15. The fraction of sp³-hybridized carbons (Fsp3) is 0.259. The van der Waals surface area contributed by atoms with Crippen molar-refractivity contribution in [2.75, 3.05) is 17.9 Å². The van der Waals surface area contributed by atoms with Crippen LogP contribution in [0.1, 0.15) is 23.6 Å². The summed E-state index contributed by atoms with van der Waals surface area (Å²) in [7, 11) is -2.67. The fourth-order valence-corrected chi connectivity index (χ4v) is 5.38. The smallest absolute Gasteiger partial charge is 0.264 e. The lowest BCUT2D eigenvalue weighted by Gasteiger charge is -2.32. The third-order valence-electron chi connectivity index (χ3n) is 6.14. The molecule has 10 heteroatoms. The van der Waals surface area contributed by atoms with Crippen molar-refractivity contribution in [1.82, 2.24) is 10.2 Å². The summed E-state index contributed by atoms with van der Waals surface area (Å²) in [5.41, 5.74) is 2.94. The van der Waals surface area contributed by atoms with Crippen LogP contribution in [0.2, 0.25) is 10.0 Å². The molecule has 0 unspecified atom stereocenters. The molecule has 0 aliphatic carbocycles. The molecule has 37 heavy (non-hydrogen) atoms. The Bertz CT molecular complexity index is 1380. The summed E-state index contributed by atoms with van der Waals surface area (Å²) in [6, 6.07) is 17.0. The van der Waals surface area contributed by atoms with Crippen LogP contribution in [-0.2, 0) is 26.2 Å². The van der Waals surface area contributed by atoms with Crippen molar-refractivity contribution in [1.29, 1.82) is 0 Å². The van der Waals surface area contributed by atoms with Gasteiger partial charge in [-0.05, 0) is 86.0 Å². The maximum atomic E-state index is 13.8. The minimum Gasteiger partial charge on any atom is -0.357 e. The topological polar surface area (TPSA) is 86.8 Å². The number of likely N-dealkylation sites (N-methyl/N-ethyl adjacent to an activating group) is 1. The standard InChI is InChI=1S/C27H29Cl2N3O4S/c1-18-5-12-24(15-19(18)2)32(37(35,36)25-13-10-23(29)11-14-25)17-26(33)31(20(3)27(34)30-4)16-21-6-8-22(28)9-7-21/h5-15,20H,16-17H2,1-4H3,(H,30,34)/t20-/m1/s1. The number of hydrogen-bond donors (Lipinski definition) is 1. The lowest BCUT2D eigenvalue weighted by molar-refractivity contribution is -0.139. The molecule has 0 saturated heterocycles. The first-order valence-electron chi connectivity index (χ1n) is 11.5. The second-order valence-corrected chi connectivity index (χ2v) is 11.4. The van der Waals surface area contributed by atoms with E-state index in [1.165, 1.54) is 36.2 Å². The van der Waals surface area contributed by atoms with Crippen molar-refractivity contribution >= 4 is 50.7 Å². The Morgan fingerprint density at radius 2 is 1.46 bits per heavy atom. The second kappa shape index (κ2) is 12.0. The zero-order valence-electron chi connectivity index (χ0n) is 21.0. The number of nitrogens with one attached hydrogen (secondary N) is 1. The number of sulfonamides is 1. The van der Waals surface area contributed by atoms with E-state index in [0.717, 1.165) is 21.0 Å². The van der Waals surface area contributed by atoms with Crippen molar-refractivity contribution < 1.29 is 18.0 Å². The van der Waals surface area contributed by atoms with Crippen LogP contribution in [0.4, 0.5) is 5.69 Å². The number of nitrogens with zero attached hydrogens (tertiary/aromatic N) is 2. The number of carbonyl (C=O) groups excluding carboxylic acids is 2. The molecule has 0 radical (unpaired) electrons. The summed E-state index contributed by atoms with van der Waals surface area (Å²) in [6.45, 7) is 4.96. The summed E-state index contributed by atoms with van der Waals surface area (Å²) >= 11 is 12.0. The van der Waals surface area contributed by atoms with Gasteiger partial charge in [0.25, 0.3) is 10.0 Å². The normalized spacial score (nSPS) is 12.1. The summed E-state index contributed by atoms with van der Waals surface area (Å²) < 4.78 is 28.6. The first-order valence-corrected chi connectivity index (χ1v) is 13.7. The molecule has 0 fully saturated rings. The number of anilines is 1. The van der Waals surface area contributed by atoms with Crippen LogP contribution < -0.4 is 9.62 Å². The Morgan fingerprint density at radius 1 is 0.892 bits per heavy atom. The molecule has 3 rings (SSSR count). The first-order chi connectivity index (χ1) is 17.4. The lowest BCUT2D eigenvalue weighted by atomic mass is 10.1. The number of aryl methyl sites for hydroxylation is 2. The molecular formula is C27H29Cl2N3O4S. The van der Waals surface area contributed by atoms with E-state index in [1.54, 1.807) is 49.4 Å². The van der Waals surface area contributed by atoms with Crippen molar-refractivity contribution in [3.05, 3.63) is 93.5 Å². The Hall–Kier alpha value is -3.07. The average molecular weight is 563 g/mol. The van der Waals surface area contributed by atoms with Gasteiger partial charge < -0.3 is 10.2 Å². The van der Waals surface area contributed by atoms with E-state index >= 15 is 0 Å². The summed E-state index contributed by atoms with van der Waals surface area (Å²) in [5.74, 6) is -0.914. The van der Waals surface area contributed by atoms with Crippen LogP contribution in [0.5, 0.6) is 0 Å². The highest BCUT2D eigenvalue weighted by Crippen LogP contribution is 2.27.